The number of aromatic amines is 1. The van der Waals surface area contributed by atoms with Crippen LogP contribution in [0.3, 0.4) is 0 Å². The minimum absolute atomic E-state index is 0.0556. The molecule has 7 heterocycles. The standard InChI is InChI=1S/C32H40N4O4.C15H29N3/c1-38-25-9-10-26-23(22-40-31(26)19-25)21-39-30-8-6-7-28-27(30)20-29(34-28)32(37)33-24-11-15-36(16-12-24)18-17-35-13-4-2-3-5-14-35;16-14-6-10-17(11-7-14)12-13-4-3-9-18-8-2-1-5-15(13)18/h6-10,19-20,22,24,34H,2-5,11-18,21H2,1H3,(H,33,37);13-15H,1-12,16H2/t;13-,15+/m.0/s1. The maximum Gasteiger partial charge on any atom is 0.267 e. The first-order valence-corrected chi connectivity index (χ1v) is 22.8. The summed E-state index contributed by atoms with van der Waals surface area (Å²) in [6.07, 6.45) is 18.8. The Bertz CT molecular complexity index is 1880. The van der Waals surface area contributed by atoms with Gasteiger partial charge in [0.2, 0.25) is 0 Å². The van der Waals surface area contributed by atoms with Crippen LogP contribution in [-0.4, -0.2) is 128 Å². The number of ether oxygens (including phenoxy) is 2. The van der Waals surface area contributed by atoms with E-state index in [0.717, 1.165) is 83.4 Å². The molecule has 2 aromatic heterocycles. The number of likely N-dealkylation sites (tertiary alicyclic amines) is 3. The van der Waals surface area contributed by atoms with Crippen molar-refractivity contribution >= 4 is 27.8 Å². The van der Waals surface area contributed by atoms with Gasteiger partial charge in [-0.05, 0) is 140 Å². The van der Waals surface area contributed by atoms with Crippen molar-refractivity contribution in [2.24, 2.45) is 11.7 Å². The highest BCUT2D eigenvalue weighted by molar-refractivity contribution is 5.99. The fourth-order valence-electron chi connectivity index (χ4n) is 10.3. The number of aromatic nitrogens is 1. The number of H-pyrrole nitrogens is 1. The average molecular weight is 796 g/mol. The normalized spacial score (nSPS) is 23.6. The molecule has 5 fully saturated rings. The smallest absolute Gasteiger partial charge is 0.267 e. The summed E-state index contributed by atoms with van der Waals surface area (Å²) >= 11 is 0. The van der Waals surface area contributed by atoms with E-state index >= 15 is 0 Å². The number of carbonyl (C=O) groups is 1. The van der Waals surface area contributed by atoms with Crippen LogP contribution in [0.4, 0.5) is 0 Å². The summed E-state index contributed by atoms with van der Waals surface area (Å²) in [5, 5.41) is 5.15. The predicted molar refractivity (Wildman–Crippen MR) is 233 cm³/mol. The zero-order valence-corrected chi connectivity index (χ0v) is 35.1. The van der Waals surface area contributed by atoms with Gasteiger partial charge in [-0.1, -0.05) is 25.3 Å². The third-order valence-electron chi connectivity index (χ3n) is 13.8. The van der Waals surface area contributed by atoms with Crippen molar-refractivity contribution in [2.75, 3.05) is 79.1 Å². The number of rotatable bonds is 11. The summed E-state index contributed by atoms with van der Waals surface area (Å²) in [4.78, 5) is 27.1. The van der Waals surface area contributed by atoms with Gasteiger partial charge in [0.05, 0.1) is 13.4 Å². The van der Waals surface area contributed by atoms with Crippen LogP contribution in [0, 0.1) is 5.92 Å². The molecule has 5 aliphatic rings. The number of fused-ring (bicyclic) bond motifs is 3. The molecule has 0 radical (unpaired) electrons. The average Bonchev–Trinajstić information content (AvgIpc) is 3.79. The molecule has 11 nitrogen and oxygen atoms in total. The van der Waals surface area contributed by atoms with Crippen LogP contribution in [-0.2, 0) is 6.61 Å². The summed E-state index contributed by atoms with van der Waals surface area (Å²) in [6, 6.07) is 15.1. The van der Waals surface area contributed by atoms with Crippen molar-refractivity contribution in [3.05, 3.63) is 60.0 Å². The van der Waals surface area contributed by atoms with Gasteiger partial charge in [0.25, 0.3) is 5.91 Å². The van der Waals surface area contributed by atoms with Crippen LogP contribution in [0.15, 0.2) is 53.1 Å². The van der Waals surface area contributed by atoms with Crippen LogP contribution in [0.25, 0.3) is 21.9 Å². The van der Waals surface area contributed by atoms with Crippen LogP contribution < -0.4 is 20.5 Å². The van der Waals surface area contributed by atoms with Crippen molar-refractivity contribution in [3.63, 3.8) is 0 Å². The molecule has 5 aliphatic heterocycles. The van der Waals surface area contributed by atoms with E-state index in [1.54, 1.807) is 13.4 Å². The quantitative estimate of drug-likeness (QED) is 0.145. The second-order valence-corrected chi connectivity index (χ2v) is 17.8. The van der Waals surface area contributed by atoms with Crippen molar-refractivity contribution in [1.29, 1.82) is 0 Å². The number of furan rings is 1. The predicted octanol–water partition coefficient (Wildman–Crippen LogP) is 7.25. The zero-order chi connectivity index (χ0) is 39.7. The molecular weight excluding hydrogens is 727 g/mol. The summed E-state index contributed by atoms with van der Waals surface area (Å²) in [6.45, 7) is 13.8. The van der Waals surface area contributed by atoms with Gasteiger partial charge in [-0.15, -0.1) is 0 Å². The Morgan fingerprint density at radius 3 is 2.33 bits per heavy atom. The Morgan fingerprint density at radius 2 is 1.53 bits per heavy atom. The van der Waals surface area contributed by atoms with Crippen molar-refractivity contribution in [3.8, 4) is 11.5 Å². The first-order valence-electron chi connectivity index (χ1n) is 22.8. The minimum atomic E-state index is -0.0556. The molecule has 5 saturated heterocycles. The maximum absolute atomic E-state index is 13.2. The van der Waals surface area contributed by atoms with Gasteiger partial charge in [0.15, 0.2) is 0 Å². The van der Waals surface area contributed by atoms with Crippen LogP contribution in [0.2, 0.25) is 0 Å². The highest BCUT2D eigenvalue weighted by Crippen LogP contribution is 2.33. The number of hydrogen-bond acceptors (Lipinski definition) is 9. The van der Waals surface area contributed by atoms with Crippen molar-refractivity contribution in [2.45, 2.75) is 108 Å². The second kappa shape index (κ2) is 20.1. The molecule has 0 saturated carbocycles. The molecule has 11 heteroatoms. The Hall–Kier alpha value is -3.61. The summed E-state index contributed by atoms with van der Waals surface area (Å²) < 4.78 is 17.2. The van der Waals surface area contributed by atoms with Gasteiger partial charge in [0, 0.05) is 78.8 Å². The number of nitrogens with two attached hydrogens (primary N) is 1. The van der Waals surface area contributed by atoms with Gasteiger partial charge in [-0.25, -0.2) is 0 Å². The molecule has 0 unspecified atom stereocenters. The van der Waals surface area contributed by atoms with Crippen molar-refractivity contribution in [1.82, 2.24) is 29.9 Å². The number of benzene rings is 2. The first kappa shape index (κ1) is 41.1. The lowest BCUT2D eigenvalue weighted by Crippen LogP contribution is -2.52. The van der Waals surface area contributed by atoms with E-state index in [1.807, 2.05) is 42.5 Å². The number of piperidine rings is 4. The van der Waals surface area contributed by atoms with E-state index in [9.17, 15) is 4.79 Å². The maximum atomic E-state index is 13.2. The third-order valence-corrected chi connectivity index (χ3v) is 13.8. The Balaban J connectivity index is 0.000000217. The molecule has 316 valence electrons. The van der Waals surface area contributed by atoms with E-state index < -0.39 is 0 Å². The van der Waals surface area contributed by atoms with Crippen molar-refractivity contribution < 1.29 is 18.7 Å². The number of nitrogens with one attached hydrogen (secondary N) is 2. The van der Waals surface area contributed by atoms with Gasteiger partial charge >= 0.3 is 0 Å². The molecule has 2 aromatic carbocycles. The summed E-state index contributed by atoms with van der Waals surface area (Å²) in [5.74, 6) is 2.37. The molecule has 2 atom stereocenters. The van der Waals surface area contributed by atoms with E-state index in [-0.39, 0.29) is 11.9 Å². The Labute approximate surface area is 345 Å². The topological polar surface area (TPSA) is 115 Å². The fourth-order valence-corrected chi connectivity index (χ4v) is 10.3. The highest BCUT2D eigenvalue weighted by atomic mass is 16.5. The minimum Gasteiger partial charge on any atom is -0.497 e. The molecule has 0 spiro atoms. The van der Waals surface area contributed by atoms with Gasteiger partial charge in [0.1, 0.15) is 29.4 Å². The molecule has 0 aliphatic carbocycles. The van der Waals surface area contributed by atoms with Crippen LogP contribution >= 0.6 is 0 Å². The SMILES string of the molecule is COc1ccc2c(COc3cccc4[nH]c(C(=O)NC5CCN(CCN6CCCCCC6)CC5)cc34)coc2c1.NC1CCN(C[C@@H]2CCCN3CCCC[C@H]23)CC1. The molecule has 4 aromatic rings. The molecular formula is C47H69N7O4. The molecule has 0 bridgehead atoms. The summed E-state index contributed by atoms with van der Waals surface area (Å²) in [7, 11) is 1.64. The largest absolute Gasteiger partial charge is 0.497 e. The molecule has 4 N–H and O–H groups in total. The summed E-state index contributed by atoms with van der Waals surface area (Å²) in [5.41, 5.74) is 9.17. The van der Waals surface area contributed by atoms with Gasteiger partial charge < -0.3 is 49.5 Å². The fraction of sp³-hybridized carbons (Fsp3) is 0.638. The number of amides is 1. The van der Waals surface area contributed by atoms with E-state index in [0.29, 0.717) is 18.3 Å². The van der Waals surface area contributed by atoms with E-state index in [4.69, 9.17) is 19.6 Å². The van der Waals surface area contributed by atoms with Crippen LogP contribution in [0.1, 0.15) is 99.5 Å². The first-order chi connectivity index (χ1) is 28.5. The monoisotopic (exact) mass is 796 g/mol. The van der Waals surface area contributed by atoms with E-state index in [2.05, 4.69) is 29.9 Å². The Morgan fingerprint density at radius 1 is 0.793 bits per heavy atom. The highest BCUT2D eigenvalue weighted by Gasteiger charge is 2.34. The third kappa shape index (κ3) is 10.6. The number of methoxy groups -OCH3 is 1. The lowest BCUT2D eigenvalue weighted by molar-refractivity contribution is 0.0361. The lowest BCUT2D eigenvalue weighted by atomic mass is 9.83. The van der Waals surface area contributed by atoms with E-state index in [1.165, 1.54) is 123 Å². The number of carbonyl (C=O) groups excluding carboxylic acids is 1. The number of nitrogens with zero attached hydrogens (tertiary/aromatic N) is 4. The van der Waals surface area contributed by atoms with Gasteiger partial charge in [-0.2, -0.15) is 0 Å². The molecule has 9 rings (SSSR count). The second-order valence-electron chi connectivity index (χ2n) is 17.8. The molecule has 1 amide bonds. The zero-order valence-electron chi connectivity index (χ0n) is 35.1. The Kier molecular flexibility index (Phi) is 14.3. The number of hydrogen-bond donors (Lipinski definition) is 3. The van der Waals surface area contributed by atoms with Crippen LogP contribution in [0.5, 0.6) is 11.5 Å². The molecule has 58 heavy (non-hydrogen) atoms. The van der Waals surface area contributed by atoms with Gasteiger partial charge in [-0.3, -0.25) is 4.79 Å². The lowest BCUT2D eigenvalue weighted by Gasteiger charge is -2.46.